The molecule has 26 heavy (non-hydrogen) atoms. The minimum atomic E-state index is 0.0395. The highest BCUT2D eigenvalue weighted by molar-refractivity contribution is 7.80. The molecule has 4 rings (SSSR count). The van der Waals surface area contributed by atoms with Gasteiger partial charge in [-0.1, -0.05) is 35.9 Å². The van der Waals surface area contributed by atoms with Crippen LogP contribution >= 0.6 is 12.2 Å². The molecule has 0 radical (unpaired) electrons. The van der Waals surface area contributed by atoms with E-state index >= 15 is 0 Å². The van der Waals surface area contributed by atoms with Crippen LogP contribution in [0, 0.1) is 6.92 Å². The number of hydrogen-bond donors (Lipinski definition) is 1. The summed E-state index contributed by atoms with van der Waals surface area (Å²) in [6.45, 7) is 2.08. The molecule has 0 saturated heterocycles. The van der Waals surface area contributed by atoms with Gasteiger partial charge in [-0.3, -0.25) is 9.97 Å². The number of nitrogens with zero attached hydrogens (tertiary/aromatic N) is 4. The van der Waals surface area contributed by atoms with E-state index in [0.717, 1.165) is 34.3 Å². The van der Waals surface area contributed by atoms with Crippen LogP contribution in [0.25, 0.3) is 11.0 Å². The van der Waals surface area contributed by atoms with Crippen LogP contribution in [0.5, 0.6) is 0 Å². The maximum absolute atomic E-state index is 5.49. The number of fused-ring (bicyclic) bond motifs is 1. The van der Waals surface area contributed by atoms with Gasteiger partial charge in [-0.05, 0) is 42.4 Å². The number of thiocarbonyl (C=S) groups is 1. The molecule has 1 aliphatic rings. The van der Waals surface area contributed by atoms with Crippen LogP contribution in [-0.4, -0.2) is 32.8 Å². The SMILES string of the molecule is CNC(=S)N1N=C(c2ccc(C)cc2)C[C@@H]1c1ccc2nccnc2c1. The van der Waals surface area contributed by atoms with Gasteiger partial charge in [0.2, 0.25) is 0 Å². The van der Waals surface area contributed by atoms with Crippen LogP contribution < -0.4 is 5.32 Å². The van der Waals surface area contributed by atoms with E-state index in [9.17, 15) is 0 Å². The summed E-state index contributed by atoms with van der Waals surface area (Å²) in [6, 6.07) is 14.6. The second-order valence-corrected chi connectivity index (χ2v) is 6.72. The molecule has 3 aromatic rings. The van der Waals surface area contributed by atoms with Crippen molar-refractivity contribution in [2.45, 2.75) is 19.4 Å². The fourth-order valence-electron chi connectivity index (χ4n) is 3.18. The largest absolute Gasteiger partial charge is 0.364 e. The Kier molecular flexibility index (Phi) is 4.34. The molecule has 0 aliphatic carbocycles. The number of hydrogen-bond acceptors (Lipinski definition) is 4. The highest BCUT2D eigenvalue weighted by Crippen LogP contribution is 2.33. The van der Waals surface area contributed by atoms with Gasteiger partial charge in [0.1, 0.15) is 0 Å². The second-order valence-electron chi connectivity index (χ2n) is 6.34. The maximum Gasteiger partial charge on any atom is 0.189 e. The molecule has 1 aliphatic heterocycles. The topological polar surface area (TPSA) is 53.4 Å². The number of hydrazone groups is 1. The molecule has 130 valence electrons. The van der Waals surface area contributed by atoms with Crippen molar-refractivity contribution in [3.05, 3.63) is 71.5 Å². The van der Waals surface area contributed by atoms with Gasteiger partial charge < -0.3 is 5.32 Å². The van der Waals surface area contributed by atoms with Crippen molar-refractivity contribution in [2.24, 2.45) is 5.10 Å². The summed E-state index contributed by atoms with van der Waals surface area (Å²) >= 11 is 5.49. The molecule has 6 heteroatoms. The van der Waals surface area contributed by atoms with E-state index in [1.165, 1.54) is 5.56 Å². The summed E-state index contributed by atoms with van der Waals surface area (Å²) in [5.41, 5.74) is 6.29. The molecule has 1 atom stereocenters. The molecule has 1 N–H and O–H groups in total. The number of aryl methyl sites for hydroxylation is 1. The summed E-state index contributed by atoms with van der Waals surface area (Å²) in [5, 5.41) is 10.4. The molecule has 2 aromatic carbocycles. The lowest BCUT2D eigenvalue weighted by atomic mass is 9.97. The van der Waals surface area contributed by atoms with Crippen molar-refractivity contribution in [2.75, 3.05) is 7.05 Å². The van der Waals surface area contributed by atoms with Gasteiger partial charge in [0.25, 0.3) is 0 Å². The molecule has 0 amide bonds. The Balaban J connectivity index is 1.72. The van der Waals surface area contributed by atoms with Crippen LogP contribution in [0.1, 0.15) is 29.2 Å². The summed E-state index contributed by atoms with van der Waals surface area (Å²) in [6.07, 6.45) is 4.21. The van der Waals surface area contributed by atoms with Crippen LogP contribution in [-0.2, 0) is 0 Å². The van der Waals surface area contributed by atoms with Gasteiger partial charge >= 0.3 is 0 Å². The standard InChI is InChI=1S/C20H19N5S/c1-13-3-5-14(6-4-13)17-12-19(25(24-17)20(26)21-2)15-7-8-16-18(11-15)23-10-9-22-16/h3-11,19H,12H2,1-2H3,(H,21,26)/t19-/m1/s1. The van der Waals surface area contributed by atoms with E-state index in [2.05, 4.69) is 58.6 Å². The Bertz CT molecular complexity index is 997. The summed E-state index contributed by atoms with van der Waals surface area (Å²) in [7, 11) is 1.82. The van der Waals surface area contributed by atoms with Crippen LogP contribution in [0.15, 0.2) is 60.0 Å². The average molecular weight is 361 g/mol. The minimum Gasteiger partial charge on any atom is -0.364 e. The highest BCUT2D eigenvalue weighted by Gasteiger charge is 2.31. The van der Waals surface area contributed by atoms with Crippen molar-refractivity contribution >= 4 is 34.1 Å². The predicted molar refractivity (Wildman–Crippen MR) is 108 cm³/mol. The molecule has 2 heterocycles. The van der Waals surface area contributed by atoms with Crippen molar-refractivity contribution in [3.8, 4) is 0 Å². The monoisotopic (exact) mass is 361 g/mol. The van der Waals surface area contributed by atoms with Gasteiger partial charge in [0.15, 0.2) is 5.11 Å². The Hall–Kier alpha value is -2.86. The molecule has 0 unspecified atom stereocenters. The first-order valence-corrected chi connectivity index (χ1v) is 8.92. The van der Waals surface area contributed by atoms with Crippen molar-refractivity contribution in [1.82, 2.24) is 20.3 Å². The van der Waals surface area contributed by atoms with Crippen molar-refractivity contribution in [3.63, 3.8) is 0 Å². The average Bonchev–Trinajstić information content (AvgIpc) is 3.13. The Morgan fingerprint density at radius 1 is 1.08 bits per heavy atom. The second kappa shape index (κ2) is 6.80. The maximum atomic E-state index is 5.49. The Morgan fingerprint density at radius 3 is 2.54 bits per heavy atom. The van der Waals surface area contributed by atoms with E-state index < -0.39 is 0 Å². The van der Waals surface area contributed by atoms with Gasteiger partial charge in [0.05, 0.1) is 22.8 Å². The highest BCUT2D eigenvalue weighted by atomic mass is 32.1. The number of nitrogens with one attached hydrogen (secondary N) is 1. The smallest absolute Gasteiger partial charge is 0.189 e. The van der Waals surface area contributed by atoms with E-state index in [0.29, 0.717) is 5.11 Å². The molecule has 0 fully saturated rings. The third kappa shape index (κ3) is 3.04. The molecular formula is C20H19N5S. The number of benzene rings is 2. The van der Waals surface area contributed by atoms with Gasteiger partial charge in [-0.15, -0.1) is 0 Å². The van der Waals surface area contributed by atoms with Crippen LogP contribution in [0.3, 0.4) is 0 Å². The summed E-state index contributed by atoms with van der Waals surface area (Å²) in [5.74, 6) is 0. The molecular weight excluding hydrogens is 342 g/mol. The van der Waals surface area contributed by atoms with E-state index in [4.69, 9.17) is 17.3 Å². The fourth-order valence-corrected chi connectivity index (χ4v) is 3.35. The van der Waals surface area contributed by atoms with E-state index in [-0.39, 0.29) is 6.04 Å². The Labute approximate surface area is 157 Å². The van der Waals surface area contributed by atoms with Crippen molar-refractivity contribution < 1.29 is 0 Å². The van der Waals surface area contributed by atoms with Gasteiger partial charge in [0, 0.05) is 25.9 Å². The zero-order valence-corrected chi connectivity index (χ0v) is 15.5. The number of aromatic nitrogens is 2. The first-order valence-electron chi connectivity index (χ1n) is 8.52. The summed E-state index contributed by atoms with van der Waals surface area (Å²) < 4.78 is 0. The molecule has 0 spiro atoms. The van der Waals surface area contributed by atoms with E-state index in [1.54, 1.807) is 12.4 Å². The quantitative estimate of drug-likeness (QED) is 0.707. The van der Waals surface area contributed by atoms with Crippen LogP contribution in [0.4, 0.5) is 0 Å². The molecule has 0 saturated carbocycles. The van der Waals surface area contributed by atoms with Crippen LogP contribution in [0.2, 0.25) is 0 Å². The third-order valence-electron chi connectivity index (χ3n) is 4.60. The zero-order valence-electron chi connectivity index (χ0n) is 14.7. The summed E-state index contributed by atoms with van der Waals surface area (Å²) in [4.78, 5) is 8.77. The fraction of sp³-hybridized carbons (Fsp3) is 0.200. The van der Waals surface area contributed by atoms with Gasteiger partial charge in [-0.25, -0.2) is 5.01 Å². The normalized spacial score (nSPS) is 16.6. The first kappa shape index (κ1) is 16.6. The van der Waals surface area contributed by atoms with Crippen molar-refractivity contribution in [1.29, 1.82) is 0 Å². The molecule has 1 aromatic heterocycles. The lowest BCUT2D eigenvalue weighted by Gasteiger charge is -2.23. The van der Waals surface area contributed by atoms with E-state index in [1.807, 2.05) is 18.1 Å². The first-order chi connectivity index (χ1) is 12.7. The minimum absolute atomic E-state index is 0.0395. The zero-order chi connectivity index (χ0) is 18.1. The lowest BCUT2D eigenvalue weighted by Crippen LogP contribution is -2.34. The molecule has 5 nitrogen and oxygen atoms in total. The lowest BCUT2D eigenvalue weighted by molar-refractivity contribution is 0.367. The molecule has 0 bridgehead atoms. The van der Waals surface area contributed by atoms with Gasteiger partial charge in [-0.2, -0.15) is 5.10 Å². The third-order valence-corrected chi connectivity index (χ3v) is 4.99. The predicted octanol–water partition coefficient (Wildman–Crippen LogP) is 3.59. The Morgan fingerprint density at radius 2 is 1.81 bits per heavy atom. The number of rotatable bonds is 2.